The van der Waals surface area contributed by atoms with Gasteiger partial charge in [-0.2, -0.15) is 5.26 Å². The molecule has 0 bridgehead atoms. The van der Waals surface area contributed by atoms with Gasteiger partial charge in [0.15, 0.2) is 9.84 Å². The lowest BCUT2D eigenvalue weighted by atomic mass is 10.2. The van der Waals surface area contributed by atoms with Gasteiger partial charge in [-0.05, 0) is 42.0 Å². The quantitative estimate of drug-likeness (QED) is 0.799. The van der Waals surface area contributed by atoms with E-state index < -0.39 is 9.84 Å². The average molecular weight is 360 g/mol. The Hall–Kier alpha value is -2.30. The summed E-state index contributed by atoms with van der Waals surface area (Å²) in [6.45, 7) is 0.344. The second kappa shape index (κ2) is 7.99. The summed E-state index contributed by atoms with van der Waals surface area (Å²) in [6.07, 6.45) is 1.16. The molecule has 24 heavy (non-hydrogen) atoms. The van der Waals surface area contributed by atoms with Gasteiger partial charge in [-0.3, -0.25) is 4.79 Å². The topological polar surface area (TPSA) is 87.0 Å². The second-order valence-corrected chi connectivity index (χ2v) is 8.18. The van der Waals surface area contributed by atoms with Crippen molar-refractivity contribution in [2.24, 2.45) is 0 Å². The lowest BCUT2D eigenvalue weighted by Gasteiger charge is -2.06. The highest BCUT2D eigenvalue weighted by atomic mass is 32.2. The Morgan fingerprint density at radius 2 is 1.75 bits per heavy atom. The first-order chi connectivity index (χ1) is 11.4. The number of nitriles is 1. The summed E-state index contributed by atoms with van der Waals surface area (Å²) in [7, 11) is -3.21. The molecule has 0 atom stereocenters. The van der Waals surface area contributed by atoms with Crippen LogP contribution in [0, 0.1) is 11.3 Å². The summed E-state index contributed by atoms with van der Waals surface area (Å²) in [5.41, 5.74) is 1.42. The van der Waals surface area contributed by atoms with E-state index in [2.05, 4.69) is 5.32 Å². The summed E-state index contributed by atoms with van der Waals surface area (Å²) >= 11 is 1.39. The zero-order chi connectivity index (χ0) is 17.6. The van der Waals surface area contributed by atoms with Gasteiger partial charge in [-0.1, -0.05) is 12.1 Å². The van der Waals surface area contributed by atoms with Crippen LogP contribution in [0.4, 0.5) is 0 Å². The van der Waals surface area contributed by atoms with Crippen molar-refractivity contribution in [3.63, 3.8) is 0 Å². The highest BCUT2D eigenvalue weighted by molar-refractivity contribution is 8.00. The van der Waals surface area contributed by atoms with Gasteiger partial charge < -0.3 is 5.32 Å². The van der Waals surface area contributed by atoms with Crippen LogP contribution in [0.1, 0.15) is 11.1 Å². The zero-order valence-electron chi connectivity index (χ0n) is 13.0. The summed E-state index contributed by atoms with van der Waals surface area (Å²) < 4.78 is 22.8. The highest BCUT2D eigenvalue weighted by Crippen LogP contribution is 2.18. The maximum absolute atomic E-state index is 11.9. The lowest BCUT2D eigenvalue weighted by molar-refractivity contribution is -0.118. The minimum atomic E-state index is -3.21. The number of nitrogens with one attached hydrogen (secondary N) is 1. The van der Waals surface area contributed by atoms with Gasteiger partial charge >= 0.3 is 0 Å². The van der Waals surface area contributed by atoms with Gasteiger partial charge in [0.05, 0.1) is 22.3 Å². The largest absolute Gasteiger partial charge is 0.351 e. The lowest BCUT2D eigenvalue weighted by Crippen LogP contribution is -2.24. The average Bonchev–Trinajstić information content (AvgIpc) is 2.58. The van der Waals surface area contributed by atoms with Gasteiger partial charge in [0.1, 0.15) is 0 Å². The van der Waals surface area contributed by atoms with E-state index >= 15 is 0 Å². The molecule has 2 aromatic rings. The third-order valence-corrected chi connectivity index (χ3v) is 5.34. The molecule has 0 saturated carbocycles. The first-order valence-electron chi connectivity index (χ1n) is 7.07. The fraction of sp³-hybridized carbons (Fsp3) is 0.176. The monoisotopic (exact) mass is 360 g/mol. The van der Waals surface area contributed by atoms with E-state index in [9.17, 15) is 13.2 Å². The van der Waals surface area contributed by atoms with Crippen molar-refractivity contribution in [1.82, 2.24) is 5.32 Å². The van der Waals surface area contributed by atoms with E-state index in [0.29, 0.717) is 12.1 Å². The van der Waals surface area contributed by atoms with Crippen LogP contribution in [0.3, 0.4) is 0 Å². The van der Waals surface area contributed by atoms with Gasteiger partial charge in [0, 0.05) is 17.7 Å². The summed E-state index contributed by atoms with van der Waals surface area (Å²) in [5.74, 6) is 0.157. The predicted molar refractivity (Wildman–Crippen MR) is 93.3 cm³/mol. The highest BCUT2D eigenvalue weighted by Gasteiger charge is 2.07. The number of thioether (sulfide) groups is 1. The Bertz CT molecular complexity index is 852. The third-order valence-electron chi connectivity index (χ3n) is 3.19. The molecule has 1 amide bonds. The predicted octanol–water partition coefficient (Wildman–Crippen LogP) is 2.37. The van der Waals surface area contributed by atoms with Crippen LogP contribution in [0.25, 0.3) is 0 Å². The number of sulfone groups is 1. The van der Waals surface area contributed by atoms with Gasteiger partial charge in [0.25, 0.3) is 0 Å². The van der Waals surface area contributed by atoms with Gasteiger partial charge in [0.2, 0.25) is 5.91 Å². The molecule has 2 aromatic carbocycles. The van der Waals surface area contributed by atoms with Crippen LogP contribution < -0.4 is 5.32 Å². The molecular weight excluding hydrogens is 344 g/mol. The molecule has 7 heteroatoms. The van der Waals surface area contributed by atoms with Crippen LogP contribution in [-0.2, 0) is 21.2 Å². The Kier molecular flexibility index (Phi) is 6.01. The van der Waals surface area contributed by atoms with E-state index in [1.54, 1.807) is 36.4 Å². The van der Waals surface area contributed by atoms with Crippen molar-refractivity contribution in [2.45, 2.75) is 16.3 Å². The fourth-order valence-corrected chi connectivity index (χ4v) is 3.24. The maximum Gasteiger partial charge on any atom is 0.230 e. The molecule has 124 valence electrons. The number of carbonyl (C=O) groups is 1. The number of hydrogen-bond acceptors (Lipinski definition) is 5. The molecule has 0 spiro atoms. The molecule has 0 aromatic heterocycles. The standard InChI is InChI=1S/C17H16N2O3S2/c1-24(21,22)16-8-4-14(5-9-16)11-19-17(20)12-23-15-6-2-13(10-18)3-7-15/h2-9H,11-12H2,1H3,(H,19,20). The van der Waals surface area contributed by atoms with Crippen LogP contribution >= 0.6 is 11.8 Å². The smallest absolute Gasteiger partial charge is 0.230 e. The minimum absolute atomic E-state index is 0.114. The van der Waals surface area contributed by atoms with Crippen molar-refractivity contribution in [1.29, 1.82) is 5.26 Å². The molecule has 1 N–H and O–H groups in total. The molecule has 0 fully saturated rings. The number of hydrogen-bond donors (Lipinski definition) is 1. The maximum atomic E-state index is 11.9. The van der Waals surface area contributed by atoms with Crippen molar-refractivity contribution in [2.75, 3.05) is 12.0 Å². The molecule has 0 unspecified atom stereocenters. The Balaban J connectivity index is 1.81. The number of benzene rings is 2. The van der Waals surface area contributed by atoms with Crippen LogP contribution in [-0.4, -0.2) is 26.3 Å². The Labute approximate surface area is 145 Å². The van der Waals surface area contributed by atoms with Crippen LogP contribution in [0.2, 0.25) is 0 Å². The number of amides is 1. The van der Waals surface area contributed by atoms with E-state index in [1.165, 1.54) is 23.9 Å². The first-order valence-corrected chi connectivity index (χ1v) is 9.95. The van der Waals surface area contributed by atoms with E-state index in [-0.39, 0.29) is 16.6 Å². The summed E-state index contributed by atoms with van der Waals surface area (Å²) in [6, 6.07) is 15.5. The number of rotatable bonds is 6. The summed E-state index contributed by atoms with van der Waals surface area (Å²) in [5, 5.41) is 11.5. The van der Waals surface area contributed by atoms with E-state index in [4.69, 9.17) is 5.26 Å². The third kappa shape index (κ3) is 5.41. The minimum Gasteiger partial charge on any atom is -0.351 e. The van der Waals surface area contributed by atoms with Crippen molar-refractivity contribution in [3.8, 4) is 6.07 Å². The molecule has 0 radical (unpaired) electrons. The molecule has 0 aliphatic carbocycles. The molecule has 0 heterocycles. The van der Waals surface area contributed by atoms with Gasteiger partial charge in [-0.15, -0.1) is 11.8 Å². The molecule has 0 aliphatic rings. The van der Waals surface area contributed by atoms with Crippen molar-refractivity contribution < 1.29 is 13.2 Å². The first kappa shape index (κ1) is 18.0. The van der Waals surface area contributed by atoms with Gasteiger partial charge in [-0.25, -0.2) is 8.42 Å². The van der Waals surface area contributed by atoms with Crippen LogP contribution in [0.15, 0.2) is 58.3 Å². The number of nitrogens with zero attached hydrogens (tertiary/aromatic N) is 1. The molecule has 0 saturated heterocycles. The fourth-order valence-electron chi connectivity index (χ4n) is 1.88. The molecule has 0 aliphatic heterocycles. The Morgan fingerprint density at radius 3 is 2.29 bits per heavy atom. The van der Waals surface area contributed by atoms with Crippen molar-refractivity contribution in [3.05, 3.63) is 59.7 Å². The van der Waals surface area contributed by atoms with Crippen LogP contribution in [0.5, 0.6) is 0 Å². The second-order valence-electron chi connectivity index (χ2n) is 5.12. The number of carbonyl (C=O) groups excluding carboxylic acids is 1. The van der Waals surface area contributed by atoms with E-state index in [0.717, 1.165) is 16.7 Å². The molecule has 2 rings (SSSR count). The molecule has 5 nitrogen and oxygen atoms in total. The van der Waals surface area contributed by atoms with Crippen molar-refractivity contribution >= 4 is 27.5 Å². The zero-order valence-corrected chi connectivity index (χ0v) is 14.7. The Morgan fingerprint density at radius 1 is 1.12 bits per heavy atom. The van der Waals surface area contributed by atoms with E-state index in [1.807, 2.05) is 6.07 Å². The SMILES string of the molecule is CS(=O)(=O)c1ccc(CNC(=O)CSc2ccc(C#N)cc2)cc1. The molecular formula is C17H16N2O3S2. The summed E-state index contributed by atoms with van der Waals surface area (Å²) in [4.78, 5) is 13.0. The normalized spacial score (nSPS) is 10.8.